The normalized spacial score (nSPS) is 22.5. The SMILES string of the molecule is O=C(O)CN1CCCN(C(=O)CC2CCNCC2)CC1. The highest BCUT2D eigenvalue weighted by atomic mass is 16.4. The third kappa shape index (κ3) is 4.76. The summed E-state index contributed by atoms with van der Waals surface area (Å²) in [5.41, 5.74) is 0. The van der Waals surface area contributed by atoms with Gasteiger partial charge in [-0.25, -0.2) is 0 Å². The summed E-state index contributed by atoms with van der Waals surface area (Å²) in [7, 11) is 0. The van der Waals surface area contributed by atoms with Crippen molar-refractivity contribution in [3.05, 3.63) is 0 Å². The van der Waals surface area contributed by atoms with Gasteiger partial charge in [-0.3, -0.25) is 14.5 Å². The molecule has 0 aromatic rings. The molecule has 0 spiro atoms. The Bertz CT molecular complexity index is 343. The van der Waals surface area contributed by atoms with Gasteiger partial charge in [-0.2, -0.15) is 0 Å². The molecule has 2 aliphatic heterocycles. The fourth-order valence-corrected chi connectivity index (χ4v) is 3.03. The Morgan fingerprint density at radius 3 is 2.55 bits per heavy atom. The topological polar surface area (TPSA) is 72.9 Å². The van der Waals surface area contributed by atoms with Crippen molar-refractivity contribution in [3.8, 4) is 0 Å². The summed E-state index contributed by atoms with van der Waals surface area (Å²) in [6.45, 7) is 4.98. The van der Waals surface area contributed by atoms with Gasteiger partial charge >= 0.3 is 5.97 Å². The predicted molar refractivity (Wildman–Crippen MR) is 75.5 cm³/mol. The Balaban J connectivity index is 1.77. The molecule has 0 unspecified atom stereocenters. The van der Waals surface area contributed by atoms with Crippen LogP contribution in [0, 0.1) is 5.92 Å². The second-order valence-electron chi connectivity index (χ2n) is 5.80. The average molecular weight is 283 g/mol. The number of aliphatic carboxylic acids is 1. The van der Waals surface area contributed by atoms with E-state index in [0.29, 0.717) is 25.4 Å². The second kappa shape index (κ2) is 7.59. The molecule has 2 rings (SSSR count). The van der Waals surface area contributed by atoms with Crippen LogP contribution in [0.3, 0.4) is 0 Å². The van der Waals surface area contributed by atoms with Crippen LogP contribution in [-0.2, 0) is 9.59 Å². The molecule has 1 amide bonds. The Labute approximate surface area is 120 Å². The monoisotopic (exact) mass is 283 g/mol. The maximum Gasteiger partial charge on any atom is 0.317 e. The molecule has 20 heavy (non-hydrogen) atoms. The predicted octanol–water partition coefficient (Wildman–Crippen LogP) is -0.00500. The number of carbonyl (C=O) groups is 2. The second-order valence-corrected chi connectivity index (χ2v) is 5.80. The molecule has 0 saturated carbocycles. The van der Waals surface area contributed by atoms with Crippen molar-refractivity contribution < 1.29 is 14.7 Å². The summed E-state index contributed by atoms with van der Waals surface area (Å²) in [5.74, 6) is -0.0318. The lowest BCUT2D eigenvalue weighted by Crippen LogP contribution is -2.38. The van der Waals surface area contributed by atoms with E-state index in [9.17, 15) is 9.59 Å². The van der Waals surface area contributed by atoms with E-state index in [1.807, 2.05) is 9.80 Å². The van der Waals surface area contributed by atoms with Gasteiger partial charge in [0.15, 0.2) is 0 Å². The van der Waals surface area contributed by atoms with Crippen LogP contribution in [0.5, 0.6) is 0 Å². The van der Waals surface area contributed by atoms with Crippen molar-refractivity contribution in [2.24, 2.45) is 5.92 Å². The Morgan fingerprint density at radius 2 is 1.85 bits per heavy atom. The number of carboxylic acids is 1. The molecular weight excluding hydrogens is 258 g/mol. The zero-order chi connectivity index (χ0) is 14.4. The number of piperidine rings is 1. The molecule has 0 radical (unpaired) electrons. The van der Waals surface area contributed by atoms with E-state index in [2.05, 4.69) is 5.32 Å². The van der Waals surface area contributed by atoms with E-state index < -0.39 is 5.97 Å². The van der Waals surface area contributed by atoms with Crippen LogP contribution in [0.4, 0.5) is 0 Å². The smallest absolute Gasteiger partial charge is 0.317 e. The summed E-state index contributed by atoms with van der Waals surface area (Å²) >= 11 is 0. The molecule has 2 aliphatic rings. The lowest BCUT2D eigenvalue weighted by molar-refractivity contribution is -0.138. The highest BCUT2D eigenvalue weighted by molar-refractivity contribution is 5.76. The molecule has 2 saturated heterocycles. The van der Waals surface area contributed by atoms with Crippen molar-refractivity contribution in [2.75, 3.05) is 45.8 Å². The minimum atomic E-state index is -0.792. The first-order chi connectivity index (χ1) is 9.65. The van der Waals surface area contributed by atoms with E-state index in [1.54, 1.807) is 0 Å². The molecular formula is C14H25N3O3. The van der Waals surface area contributed by atoms with Crippen LogP contribution in [0.2, 0.25) is 0 Å². The van der Waals surface area contributed by atoms with Crippen molar-refractivity contribution in [3.63, 3.8) is 0 Å². The van der Waals surface area contributed by atoms with Crippen molar-refractivity contribution in [2.45, 2.75) is 25.7 Å². The van der Waals surface area contributed by atoms with E-state index >= 15 is 0 Å². The van der Waals surface area contributed by atoms with E-state index in [1.165, 1.54) is 0 Å². The van der Waals surface area contributed by atoms with Gasteiger partial charge < -0.3 is 15.3 Å². The first kappa shape index (κ1) is 15.3. The molecule has 114 valence electrons. The fraction of sp³-hybridized carbons (Fsp3) is 0.857. The van der Waals surface area contributed by atoms with Crippen molar-refractivity contribution in [1.29, 1.82) is 0 Å². The molecule has 0 atom stereocenters. The number of carbonyl (C=O) groups excluding carboxylic acids is 1. The van der Waals surface area contributed by atoms with Crippen LogP contribution < -0.4 is 5.32 Å². The van der Waals surface area contributed by atoms with Gasteiger partial charge in [0.05, 0.1) is 6.54 Å². The zero-order valence-electron chi connectivity index (χ0n) is 12.0. The number of rotatable bonds is 4. The third-order valence-electron chi connectivity index (χ3n) is 4.22. The fourth-order valence-electron chi connectivity index (χ4n) is 3.03. The first-order valence-electron chi connectivity index (χ1n) is 7.58. The Morgan fingerprint density at radius 1 is 1.10 bits per heavy atom. The van der Waals surface area contributed by atoms with Gasteiger partial charge in [0.2, 0.25) is 5.91 Å². The Hall–Kier alpha value is -1.14. The summed E-state index contributed by atoms with van der Waals surface area (Å²) in [6.07, 6.45) is 3.70. The minimum Gasteiger partial charge on any atom is -0.480 e. The third-order valence-corrected chi connectivity index (χ3v) is 4.22. The minimum absolute atomic E-state index is 0.0797. The lowest BCUT2D eigenvalue weighted by atomic mass is 9.94. The molecule has 0 aliphatic carbocycles. The average Bonchev–Trinajstić information content (AvgIpc) is 2.65. The van der Waals surface area contributed by atoms with Gasteiger partial charge in [-0.15, -0.1) is 0 Å². The zero-order valence-corrected chi connectivity index (χ0v) is 12.0. The highest BCUT2D eigenvalue weighted by Crippen LogP contribution is 2.17. The number of nitrogens with one attached hydrogen (secondary N) is 1. The molecule has 0 bridgehead atoms. The number of hydrogen-bond donors (Lipinski definition) is 2. The Kier molecular flexibility index (Phi) is 5.79. The van der Waals surface area contributed by atoms with Crippen LogP contribution >= 0.6 is 0 Å². The van der Waals surface area contributed by atoms with Crippen LogP contribution in [0.15, 0.2) is 0 Å². The number of carboxylic acid groups (broad SMARTS) is 1. The number of amides is 1. The molecule has 6 heteroatoms. The maximum atomic E-state index is 12.3. The molecule has 2 N–H and O–H groups in total. The van der Waals surface area contributed by atoms with Gasteiger partial charge in [0, 0.05) is 32.6 Å². The number of hydrogen-bond acceptors (Lipinski definition) is 4. The molecule has 2 heterocycles. The van der Waals surface area contributed by atoms with E-state index in [0.717, 1.165) is 45.4 Å². The molecule has 0 aromatic carbocycles. The van der Waals surface area contributed by atoms with Crippen molar-refractivity contribution in [1.82, 2.24) is 15.1 Å². The van der Waals surface area contributed by atoms with Crippen LogP contribution in [0.25, 0.3) is 0 Å². The highest BCUT2D eigenvalue weighted by Gasteiger charge is 2.23. The van der Waals surface area contributed by atoms with Crippen LogP contribution in [0.1, 0.15) is 25.7 Å². The number of nitrogens with zero attached hydrogens (tertiary/aromatic N) is 2. The summed E-state index contributed by atoms with van der Waals surface area (Å²) in [4.78, 5) is 26.9. The van der Waals surface area contributed by atoms with E-state index in [-0.39, 0.29) is 12.5 Å². The standard InChI is InChI=1S/C14H25N3O3/c18-13(10-12-2-4-15-5-3-12)17-7-1-6-16(8-9-17)11-14(19)20/h12,15H,1-11H2,(H,19,20). The quantitative estimate of drug-likeness (QED) is 0.759. The summed E-state index contributed by atoms with van der Waals surface area (Å²) in [6, 6.07) is 0. The first-order valence-corrected chi connectivity index (χ1v) is 7.58. The largest absolute Gasteiger partial charge is 0.480 e. The summed E-state index contributed by atoms with van der Waals surface area (Å²) in [5, 5.41) is 12.1. The molecule has 2 fully saturated rings. The maximum absolute atomic E-state index is 12.3. The van der Waals surface area contributed by atoms with Gasteiger partial charge in [0.1, 0.15) is 0 Å². The van der Waals surface area contributed by atoms with E-state index in [4.69, 9.17) is 5.11 Å². The lowest BCUT2D eigenvalue weighted by Gasteiger charge is -2.26. The van der Waals surface area contributed by atoms with Gasteiger partial charge in [-0.05, 0) is 38.3 Å². The van der Waals surface area contributed by atoms with Crippen molar-refractivity contribution >= 4 is 11.9 Å². The van der Waals surface area contributed by atoms with Gasteiger partial charge in [0.25, 0.3) is 0 Å². The molecule has 0 aromatic heterocycles. The summed E-state index contributed by atoms with van der Waals surface area (Å²) < 4.78 is 0. The van der Waals surface area contributed by atoms with Gasteiger partial charge in [-0.1, -0.05) is 0 Å². The van der Waals surface area contributed by atoms with Crippen LogP contribution in [-0.4, -0.2) is 72.6 Å². The molecule has 6 nitrogen and oxygen atoms in total.